The van der Waals surface area contributed by atoms with Crippen molar-refractivity contribution in [1.29, 1.82) is 0 Å². The van der Waals surface area contributed by atoms with Gasteiger partial charge in [0.2, 0.25) is 5.91 Å². The third kappa shape index (κ3) is 3.95. The predicted octanol–water partition coefficient (Wildman–Crippen LogP) is 2.70. The van der Waals surface area contributed by atoms with Crippen molar-refractivity contribution in [1.82, 2.24) is 29.8 Å². The van der Waals surface area contributed by atoms with Crippen molar-refractivity contribution in [2.24, 2.45) is 13.0 Å². The van der Waals surface area contributed by atoms with Gasteiger partial charge >= 0.3 is 0 Å². The van der Waals surface area contributed by atoms with Crippen molar-refractivity contribution in [2.45, 2.75) is 32.2 Å². The van der Waals surface area contributed by atoms with E-state index >= 15 is 0 Å². The highest BCUT2D eigenvalue weighted by Gasteiger charge is 2.37. The molecule has 0 aliphatic carbocycles. The van der Waals surface area contributed by atoms with Gasteiger partial charge in [-0.2, -0.15) is 5.10 Å². The SMILES string of the molecule is Cc1ccc([C@@H]2CCON2C(=O)C2CCN(c3cc(-c4ccnn4C)ncn3)CC2)cn1. The summed E-state index contributed by atoms with van der Waals surface area (Å²) in [4.78, 5) is 34.5. The Kier molecular flexibility index (Phi) is 5.57. The number of rotatable bonds is 4. The highest BCUT2D eigenvalue weighted by atomic mass is 16.7. The number of carbonyl (C=O) groups excluding carboxylic acids is 1. The maximum absolute atomic E-state index is 13.3. The van der Waals surface area contributed by atoms with Gasteiger partial charge in [0.15, 0.2) is 0 Å². The summed E-state index contributed by atoms with van der Waals surface area (Å²) in [6.45, 7) is 4.05. The lowest BCUT2D eigenvalue weighted by Crippen LogP contribution is -2.42. The topological polar surface area (TPSA) is 89.3 Å². The number of hydroxylamine groups is 2. The summed E-state index contributed by atoms with van der Waals surface area (Å²) in [7, 11) is 1.90. The van der Waals surface area contributed by atoms with Crippen molar-refractivity contribution in [2.75, 3.05) is 24.6 Å². The van der Waals surface area contributed by atoms with Crippen LogP contribution in [-0.4, -0.2) is 55.4 Å². The van der Waals surface area contributed by atoms with Crippen molar-refractivity contribution in [3.63, 3.8) is 0 Å². The number of carbonyl (C=O) groups is 1. The number of pyridine rings is 1. The molecule has 0 aromatic carbocycles. The molecule has 2 aliphatic rings. The molecule has 0 unspecified atom stereocenters. The van der Waals surface area contributed by atoms with Gasteiger partial charge in [-0.15, -0.1) is 0 Å². The molecular weight excluding hydrogens is 406 g/mol. The molecule has 9 heteroatoms. The summed E-state index contributed by atoms with van der Waals surface area (Å²) in [5, 5.41) is 5.81. The summed E-state index contributed by atoms with van der Waals surface area (Å²) >= 11 is 0. The normalized spacial score (nSPS) is 19.5. The fourth-order valence-corrected chi connectivity index (χ4v) is 4.49. The van der Waals surface area contributed by atoms with Crippen LogP contribution in [0.3, 0.4) is 0 Å². The fourth-order valence-electron chi connectivity index (χ4n) is 4.49. The van der Waals surface area contributed by atoms with E-state index in [4.69, 9.17) is 4.84 Å². The quantitative estimate of drug-likeness (QED) is 0.625. The largest absolute Gasteiger partial charge is 0.356 e. The van der Waals surface area contributed by atoms with E-state index in [0.717, 1.165) is 60.8 Å². The van der Waals surface area contributed by atoms with Crippen LogP contribution in [-0.2, 0) is 16.7 Å². The molecule has 32 heavy (non-hydrogen) atoms. The molecule has 3 aromatic rings. The standard InChI is InChI=1S/C23H27N7O2/c1-16-3-4-18(14-24-16)20-8-12-32-30(20)23(31)17-6-10-29(11-7-17)22-13-19(25-15-26-22)21-5-9-27-28(21)2/h3-5,9,13-15,17,20H,6-8,10-12H2,1-2H3/t20-/m0/s1. The van der Waals surface area contributed by atoms with E-state index in [1.165, 1.54) is 0 Å². The third-order valence-corrected chi connectivity index (χ3v) is 6.35. The summed E-state index contributed by atoms with van der Waals surface area (Å²) < 4.78 is 1.80. The van der Waals surface area contributed by atoms with E-state index in [9.17, 15) is 4.79 Å². The zero-order chi connectivity index (χ0) is 22.1. The number of anilines is 1. The average molecular weight is 434 g/mol. The molecule has 1 amide bonds. The smallest absolute Gasteiger partial charge is 0.249 e. The lowest BCUT2D eigenvalue weighted by Gasteiger charge is -2.34. The van der Waals surface area contributed by atoms with E-state index in [1.54, 1.807) is 22.3 Å². The highest BCUT2D eigenvalue weighted by Crippen LogP contribution is 2.34. The van der Waals surface area contributed by atoms with Gasteiger partial charge in [-0.05, 0) is 37.5 Å². The van der Waals surface area contributed by atoms with E-state index in [2.05, 4.69) is 25.0 Å². The molecule has 3 aromatic heterocycles. The number of aromatic nitrogens is 5. The molecule has 0 spiro atoms. The Labute approximate surface area is 187 Å². The molecule has 1 atom stereocenters. The Morgan fingerprint density at radius 1 is 1.09 bits per heavy atom. The maximum atomic E-state index is 13.3. The van der Waals surface area contributed by atoms with Gasteiger partial charge in [-0.3, -0.25) is 19.3 Å². The third-order valence-electron chi connectivity index (χ3n) is 6.35. The zero-order valence-electron chi connectivity index (χ0n) is 18.4. The van der Waals surface area contributed by atoms with Crippen LogP contribution in [0.5, 0.6) is 0 Å². The molecule has 9 nitrogen and oxygen atoms in total. The van der Waals surface area contributed by atoms with Gasteiger partial charge < -0.3 is 4.90 Å². The highest BCUT2D eigenvalue weighted by molar-refractivity contribution is 5.79. The van der Waals surface area contributed by atoms with E-state index in [-0.39, 0.29) is 17.9 Å². The molecule has 0 bridgehead atoms. The Balaban J connectivity index is 1.24. The van der Waals surface area contributed by atoms with Crippen LogP contribution in [0.1, 0.15) is 36.6 Å². The molecule has 2 saturated heterocycles. The molecule has 5 rings (SSSR count). The molecular formula is C23H27N7O2. The van der Waals surface area contributed by atoms with Gasteiger partial charge in [0, 0.05) is 56.6 Å². The van der Waals surface area contributed by atoms with Crippen molar-refractivity contribution in [3.8, 4) is 11.4 Å². The molecule has 0 N–H and O–H groups in total. The van der Waals surface area contributed by atoms with E-state index in [0.29, 0.717) is 6.61 Å². The monoisotopic (exact) mass is 433 g/mol. The first-order chi connectivity index (χ1) is 15.6. The number of hydrogen-bond donors (Lipinski definition) is 0. The van der Waals surface area contributed by atoms with Crippen LogP contribution in [0.2, 0.25) is 0 Å². The van der Waals surface area contributed by atoms with Crippen LogP contribution in [0.15, 0.2) is 43.0 Å². The van der Waals surface area contributed by atoms with Gasteiger partial charge in [-0.25, -0.2) is 15.0 Å². The Morgan fingerprint density at radius 3 is 2.66 bits per heavy atom. The van der Waals surface area contributed by atoms with Gasteiger partial charge in [0.05, 0.1) is 24.0 Å². The molecule has 166 valence electrons. The number of piperidine rings is 1. The first kappa shape index (κ1) is 20.6. The molecule has 5 heterocycles. The first-order valence-electron chi connectivity index (χ1n) is 11.0. The second-order valence-corrected chi connectivity index (χ2v) is 8.40. The predicted molar refractivity (Wildman–Crippen MR) is 118 cm³/mol. The van der Waals surface area contributed by atoms with Crippen LogP contribution in [0, 0.1) is 12.8 Å². The van der Waals surface area contributed by atoms with Gasteiger partial charge in [-0.1, -0.05) is 6.07 Å². The summed E-state index contributed by atoms with van der Waals surface area (Å²) in [6.07, 6.45) is 7.53. The maximum Gasteiger partial charge on any atom is 0.249 e. The number of nitrogens with zero attached hydrogens (tertiary/aromatic N) is 7. The van der Waals surface area contributed by atoms with Gasteiger partial charge in [0.1, 0.15) is 12.1 Å². The lowest BCUT2D eigenvalue weighted by atomic mass is 9.94. The summed E-state index contributed by atoms with van der Waals surface area (Å²) in [5.74, 6) is 0.901. The van der Waals surface area contributed by atoms with Crippen LogP contribution in [0.4, 0.5) is 5.82 Å². The second-order valence-electron chi connectivity index (χ2n) is 8.40. The number of aryl methyl sites for hydroxylation is 2. The average Bonchev–Trinajstić information content (AvgIpc) is 3.49. The van der Waals surface area contributed by atoms with Crippen molar-refractivity contribution in [3.05, 3.63) is 54.2 Å². The second kappa shape index (κ2) is 8.66. The molecule has 0 saturated carbocycles. The lowest BCUT2D eigenvalue weighted by molar-refractivity contribution is -0.182. The Morgan fingerprint density at radius 2 is 1.94 bits per heavy atom. The minimum atomic E-state index is -0.0584. The van der Waals surface area contributed by atoms with E-state index in [1.807, 2.05) is 44.4 Å². The molecule has 2 aliphatic heterocycles. The van der Waals surface area contributed by atoms with Crippen LogP contribution in [0.25, 0.3) is 11.4 Å². The fraction of sp³-hybridized carbons (Fsp3) is 0.435. The van der Waals surface area contributed by atoms with Crippen LogP contribution >= 0.6 is 0 Å². The Bertz CT molecular complexity index is 1090. The van der Waals surface area contributed by atoms with Crippen LogP contribution < -0.4 is 4.90 Å². The first-order valence-corrected chi connectivity index (χ1v) is 11.0. The van der Waals surface area contributed by atoms with E-state index < -0.39 is 0 Å². The minimum absolute atomic E-state index is 0.0522. The number of amides is 1. The van der Waals surface area contributed by atoms with Gasteiger partial charge in [0.25, 0.3) is 0 Å². The summed E-state index contributed by atoms with van der Waals surface area (Å²) in [6, 6.07) is 7.89. The minimum Gasteiger partial charge on any atom is -0.356 e. The summed E-state index contributed by atoms with van der Waals surface area (Å²) in [5.41, 5.74) is 3.78. The number of hydrogen-bond acceptors (Lipinski definition) is 7. The van der Waals surface area contributed by atoms with Crippen molar-refractivity contribution < 1.29 is 9.63 Å². The zero-order valence-corrected chi connectivity index (χ0v) is 18.4. The van der Waals surface area contributed by atoms with Crippen molar-refractivity contribution >= 4 is 11.7 Å². The molecule has 0 radical (unpaired) electrons. The Hall–Kier alpha value is -3.33. The molecule has 2 fully saturated rings.